The molecule has 1 rings (SSSR count). The van der Waals surface area contributed by atoms with Crippen LogP contribution in [0, 0.1) is 0 Å². The smallest absolute Gasteiger partial charge is 0.234 e. The van der Waals surface area contributed by atoms with E-state index in [1.54, 1.807) is 0 Å². The van der Waals surface area contributed by atoms with Gasteiger partial charge in [0.25, 0.3) is 0 Å². The molecule has 2 atom stereocenters. The normalized spacial score (nSPS) is 25.7. The van der Waals surface area contributed by atoms with Crippen LogP contribution in [0.2, 0.25) is 0 Å². The summed E-state index contributed by atoms with van der Waals surface area (Å²) in [6.07, 6.45) is 5.53. The number of rotatable bonds is 7. The molecule has 1 fully saturated rings. The first-order valence-electron chi connectivity index (χ1n) is 6.00. The number of nitrogens with two attached hydrogens (primary N) is 1. The predicted molar refractivity (Wildman–Crippen MR) is 61.5 cm³/mol. The number of unbranched alkanes of at least 4 members (excludes halogenated alkanes) is 1. The average molecular weight is 213 g/mol. The van der Waals surface area contributed by atoms with Gasteiger partial charge in [0.05, 0.1) is 6.04 Å². The molecule has 0 aromatic carbocycles. The Morgan fingerprint density at radius 1 is 1.47 bits per heavy atom. The molecule has 1 aliphatic heterocycles. The molecule has 4 nitrogen and oxygen atoms in total. The first-order chi connectivity index (χ1) is 7.24. The Bertz CT molecular complexity index is 196. The number of amides is 1. The maximum absolute atomic E-state index is 10.9. The van der Waals surface area contributed by atoms with Crippen molar-refractivity contribution in [1.82, 2.24) is 10.6 Å². The second-order valence-corrected chi connectivity index (χ2v) is 4.29. The predicted octanol–water partition coefficient (Wildman–Crippen LogP) is 0.372. The second kappa shape index (κ2) is 6.80. The fourth-order valence-corrected chi connectivity index (χ4v) is 1.97. The maximum Gasteiger partial charge on any atom is 0.234 e. The van der Waals surface area contributed by atoms with E-state index in [0.717, 1.165) is 32.4 Å². The lowest BCUT2D eigenvalue weighted by Crippen LogP contribution is -2.40. The van der Waals surface area contributed by atoms with E-state index < -0.39 is 0 Å². The lowest BCUT2D eigenvalue weighted by atomic mass is 10.1. The fraction of sp³-hybridized carbons (Fsp3) is 0.909. The van der Waals surface area contributed by atoms with Crippen LogP contribution in [0.3, 0.4) is 0 Å². The minimum Gasteiger partial charge on any atom is -0.368 e. The zero-order valence-electron chi connectivity index (χ0n) is 9.59. The van der Waals surface area contributed by atoms with E-state index in [0.29, 0.717) is 6.04 Å². The standard InChI is InChI=1S/C11H23N3O/c1-2-3-7-13-8-6-9-4-5-10(14-9)11(12)15/h9-10,13-14H,2-8H2,1H3,(H2,12,15). The van der Waals surface area contributed by atoms with E-state index in [4.69, 9.17) is 5.73 Å². The molecular weight excluding hydrogens is 190 g/mol. The van der Waals surface area contributed by atoms with Crippen molar-refractivity contribution in [2.45, 2.75) is 51.1 Å². The molecule has 0 aromatic rings. The molecule has 1 amide bonds. The molecule has 4 N–H and O–H groups in total. The first-order valence-corrected chi connectivity index (χ1v) is 6.00. The van der Waals surface area contributed by atoms with Crippen molar-refractivity contribution >= 4 is 5.91 Å². The molecule has 0 aliphatic carbocycles. The van der Waals surface area contributed by atoms with E-state index >= 15 is 0 Å². The van der Waals surface area contributed by atoms with Crippen LogP contribution in [0.1, 0.15) is 39.0 Å². The van der Waals surface area contributed by atoms with Crippen LogP contribution in [0.25, 0.3) is 0 Å². The van der Waals surface area contributed by atoms with Gasteiger partial charge in [0, 0.05) is 6.04 Å². The zero-order chi connectivity index (χ0) is 11.1. The summed E-state index contributed by atoms with van der Waals surface area (Å²) in [4.78, 5) is 10.9. The third-order valence-electron chi connectivity index (χ3n) is 2.96. The number of hydrogen-bond donors (Lipinski definition) is 3. The Labute approximate surface area is 92.0 Å². The van der Waals surface area contributed by atoms with Gasteiger partial charge in [-0.05, 0) is 38.8 Å². The molecule has 0 bridgehead atoms. The average Bonchev–Trinajstić information content (AvgIpc) is 2.66. The van der Waals surface area contributed by atoms with Crippen LogP contribution in [-0.4, -0.2) is 31.1 Å². The Balaban J connectivity index is 2.01. The number of primary amides is 1. The summed E-state index contributed by atoms with van der Waals surface area (Å²) in [6, 6.07) is 0.377. The highest BCUT2D eigenvalue weighted by Crippen LogP contribution is 2.14. The molecule has 2 unspecified atom stereocenters. The first kappa shape index (κ1) is 12.5. The molecule has 4 heteroatoms. The minimum absolute atomic E-state index is 0.0920. The Morgan fingerprint density at radius 3 is 2.87 bits per heavy atom. The molecule has 1 aliphatic rings. The highest BCUT2D eigenvalue weighted by atomic mass is 16.1. The summed E-state index contributed by atoms with van der Waals surface area (Å²) in [5.74, 6) is -0.212. The van der Waals surface area contributed by atoms with Crippen molar-refractivity contribution in [3.05, 3.63) is 0 Å². The molecule has 0 aromatic heterocycles. The molecule has 15 heavy (non-hydrogen) atoms. The lowest BCUT2D eigenvalue weighted by Gasteiger charge is -2.12. The monoisotopic (exact) mass is 213 g/mol. The van der Waals surface area contributed by atoms with Crippen molar-refractivity contribution < 1.29 is 4.79 Å². The Hall–Kier alpha value is -0.610. The molecule has 1 heterocycles. The van der Waals surface area contributed by atoms with Gasteiger partial charge in [-0.2, -0.15) is 0 Å². The van der Waals surface area contributed by atoms with E-state index in [-0.39, 0.29) is 11.9 Å². The summed E-state index contributed by atoms with van der Waals surface area (Å²) in [6.45, 7) is 4.32. The highest BCUT2D eigenvalue weighted by molar-refractivity contribution is 5.80. The van der Waals surface area contributed by atoms with Crippen molar-refractivity contribution in [1.29, 1.82) is 0 Å². The maximum atomic E-state index is 10.9. The molecule has 0 radical (unpaired) electrons. The van der Waals surface area contributed by atoms with Gasteiger partial charge in [-0.25, -0.2) is 0 Å². The molecule has 88 valence electrons. The van der Waals surface area contributed by atoms with Crippen molar-refractivity contribution in [3.63, 3.8) is 0 Å². The van der Waals surface area contributed by atoms with Gasteiger partial charge in [-0.3, -0.25) is 4.79 Å². The fourth-order valence-electron chi connectivity index (χ4n) is 1.97. The summed E-state index contributed by atoms with van der Waals surface area (Å²) in [5.41, 5.74) is 5.24. The van der Waals surface area contributed by atoms with Gasteiger partial charge in [0.15, 0.2) is 0 Å². The highest BCUT2D eigenvalue weighted by Gasteiger charge is 2.26. The molecule has 1 saturated heterocycles. The number of hydrogen-bond acceptors (Lipinski definition) is 3. The number of nitrogens with one attached hydrogen (secondary N) is 2. The largest absolute Gasteiger partial charge is 0.368 e. The number of carbonyl (C=O) groups excluding carboxylic acids is 1. The summed E-state index contributed by atoms with van der Waals surface area (Å²) >= 11 is 0. The van der Waals surface area contributed by atoms with Crippen LogP contribution in [0.15, 0.2) is 0 Å². The van der Waals surface area contributed by atoms with E-state index in [9.17, 15) is 4.79 Å². The zero-order valence-corrected chi connectivity index (χ0v) is 9.59. The van der Waals surface area contributed by atoms with E-state index in [2.05, 4.69) is 17.6 Å². The van der Waals surface area contributed by atoms with Gasteiger partial charge in [0.2, 0.25) is 5.91 Å². The van der Waals surface area contributed by atoms with Gasteiger partial charge in [-0.1, -0.05) is 13.3 Å². The molecule has 0 spiro atoms. The lowest BCUT2D eigenvalue weighted by molar-refractivity contribution is -0.119. The molecule has 0 saturated carbocycles. The quantitative estimate of drug-likeness (QED) is 0.535. The SMILES string of the molecule is CCCCNCCC1CCC(C(N)=O)N1. The van der Waals surface area contributed by atoms with E-state index in [1.807, 2.05) is 0 Å². The second-order valence-electron chi connectivity index (χ2n) is 4.29. The van der Waals surface area contributed by atoms with Crippen LogP contribution in [0.4, 0.5) is 0 Å². The topological polar surface area (TPSA) is 67.1 Å². The Kier molecular flexibility index (Phi) is 5.65. The van der Waals surface area contributed by atoms with Crippen LogP contribution < -0.4 is 16.4 Å². The molecular formula is C11H23N3O. The third-order valence-corrected chi connectivity index (χ3v) is 2.96. The van der Waals surface area contributed by atoms with Gasteiger partial charge >= 0.3 is 0 Å². The third kappa shape index (κ3) is 4.62. The van der Waals surface area contributed by atoms with Gasteiger partial charge in [-0.15, -0.1) is 0 Å². The van der Waals surface area contributed by atoms with Gasteiger partial charge in [0.1, 0.15) is 0 Å². The minimum atomic E-state index is -0.212. The van der Waals surface area contributed by atoms with Crippen molar-refractivity contribution in [2.75, 3.05) is 13.1 Å². The van der Waals surface area contributed by atoms with Crippen LogP contribution in [-0.2, 0) is 4.79 Å². The van der Waals surface area contributed by atoms with Gasteiger partial charge < -0.3 is 16.4 Å². The summed E-state index contributed by atoms with van der Waals surface area (Å²) < 4.78 is 0. The van der Waals surface area contributed by atoms with Crippen molar-refractivity contribution in [3.8, 4) is 0 Å². The van der Waals surface area contributed by atoms with E-state index in [1.165, 1.54) is 12.8 Å². The van der Waals surface area contributed by atoms with Crippen molar-refractivity contribution in [2.24, 2.45) is 5.73 Å². The summed E-state index contributed by atoms with van der Waals surface area (Å²) in [7, 11) is 0. The Morgan fingerprint density at radius 2 is 2.27 bits per heavy atom. The summed E-state index contributed by atoms with van der Waals surface area (Å²) in [5, 5.41) is 6.67. The van der Waals surface area contributed by atoms with Crippen LogP contribution >= 0.6 is 0 Å². The number of carbonyl (C=O) groups is 1. The van der Waals surface area contributed by atoms with Crippen LogP contribution in [0.5, 0.6) is 0 Å².